The van der Waals surface area contributed by atoms with Crippen molar-refractivity contribution in [2.45, 2.75) is 20.8 Å². The van der Waals surface area contributed by atoms with Gasteiger partial charge in [-0.3, -0.25) is 0 Å². The second kappa shape index (κ2) is 22.3. The third-order valence-electron chi connectivity index (χ3n) is 8.52. The zero-order valence-corrected chi connectivity index (χ0v) is 35.5. The summed E-state index contributed by atoms with van der Waals surface area (Å²) in [6.45, 7) is 6.21. The monoisotopic (exact) mass is 860 g/mol. The molecule has 0 fully saturated rings. The molecule has 0 unspecified atom stereocenters. The highest BCUT2D eigenvalue weighted by molar-refractivity contribution is 9.10. The van der Waals surface area contributed by atoms with Crippen LogP contribution in [0.25, 0.3) is 24.3 Å². The summed E-state index contributed by atoms with van der Waals surface area (Å²) in [7, 11) is 0. The summed E-state index contributed by atoms with van der Waals surface area (Å²) in [6.07, 6.45) is 13.6. The van der Waals surface area contributed by atoms with Crippen LogP contribution in [0.4, 0.5) is 0 Å². The summed E-state index contributed by atoms with van der Waals surface area (Å²) in [4.78, 5) is 0. The Morgan fingerprint density at radius 2 is 0.526 bits per heavy atom. The van der Waals surface area contributed by atoms with E-state index in [-0.39, 0.29) is 0 Å². The third-order valence-corrected chi connectivity index (χ3v) is 9.58. The van der Waals surface area contributed by atoms with E-state index in [0.717, 1.165) is 47.9 Å². The molecule has 7 aromatic carbocycles. The highest BCUT2D eigenvalue weighted by Gasteiger charge is 1.94. The fraction of sp³-hybridized carbons (Fsp3) is 0.0545. The topological polar surface area (TPSA) is 0 Å². The van der Waals surface area contributed by atoms with Crippen LogP contribution in [0, 0.1) is 56.8 Å². The van der Waals surface area contributed by atoms with Gasteiger partial charge >= 0.3 is 0 Å². The molecule has 0 aromatic heterocycles. The minimum atomic E-state index is 0.945. The number of hydrogen-bond acceptors (Lipinski definition) is 0. The zero-order valence-electron chi connectivity index (χ0n) is 32.3. The van der Waals surface area contributed by atoms with Gasteiger partial charge in [0.15, 0.2) is 0 Å². The summed E-state index contributed by atoms with van der Waals surface area (Å²) < 4.78 is 2.21. The summed E-state index contributed by atoms with van der Waals surface area (Å²) in [5, 5.41) is 0. The fourth-order valence-corrected chi connectivity index (χ4v) is 5.63. The van der Waals surface area contributed by atoms with Gasteiger partial charge in [-0.05, 0) is 128 Å². The van der Waals surface area contributed by atoms with Crippen LogP contribution in [0.5, 0.6) is 0 Å². The molecular formula is C55H42Br2. The molecule has 0 saturated carbocycles. The highest BCUT2D eigenvalue weighted by Crippen LogP contribution is 2.16. The van der Waals surface area contributed by atoms with E-state index >= 15 is 0 Å². The van der Waals surface area contributed by atoms with Crippen molar-refractivity contribution in [3.05, 3.63) is 246 Å². The van der Waals surface area contributed by atoms with Gasteiger partial charge in [0, 0.05) is 36.8 Å². The predicted molar refractivity (Wildman–Crippen MR) is 252 cm³/mol. The molecule has 276 valence electrons. The Morgan fingerprint density at radius 3 is 0.772 bits per heavy atom. The van der Waals surface area contributed by atoms with Gasteiger partial charge in [0.05, 0.1) is 0 Å². The number of terminal acetylenes is 1. The molecule has 0 aliphatic heterocycles. The van der Waals surface area contributed by atoms with Gasteiger partial charge in [0.1, 0.15) is 0 Å². The predicted octanol–water partition coefficient (Wildman–Crippen LogP) is 14.6. The van der Waals surface area contributed by atoms with E-state index in [9.17, 15) is 0 Å². The van der Waals surface area contributed by atoms with Crippen LogP contribution >= 0.6 is 31.9 Å². The molecule has 0 radical (unpaired) electrons. The first-order chi connectivity index (χ1) is 27.7. The summed E-state index contributed by atoms with van der Waals surface area (Å²) >= 11 is 6.84. The van der Waals surface area contributed by atoms with E-state index in [1.807, 2.05) is 55.5 Å². The van der Waals surface area contributed by atoms with Crippen LogP contribution in [0.15, 0.2) is 179 Å². The van der Waals surface area contributed by atoms with Gasteiger partial charge in [-0.15, -0.1) is 6.42 Å². The molecule has 0 spiro atoms. The van der Waals surface area contributed by atoms with Crippen LogP contribution < -0.4 is 0 Å². The normalized spacial score (nSPS) is 10.1. The van der Waals surface area contributed by atoms with Gasteiger partial charge in [-0.25, -0.2) is 0 Å². The number of hydrogen-bond donors (Lipinski definition) is 0. The summed E-state index contributed by atoms with van der Waals surface area (Å²) in [6, 6.07) is 57.6. The maximum atomic E-state index is 5.15. The summed E-state index contributed by atoms with van der Waals surface area (Å²) in [5.41, 5.74) is 13.5. The van der Waals surface area contributed by atoms with Crippen molar-refractivity contribution >= 4 is 56.2 Å². The average molecular weight is 863 g/mol. The third kappa shape index (κ3) is 15.4. The van der Waals surface area contributed by atoms with Gasteiger partial charge in [-0.2, -0.15) is 0 Å². The van der Waals surface area contributed by atoms with Gasteiger partial charge in [0.2, 0.25) is 0 Å². The highest BCUT2D eigenvalue weighted by atomic mass is 79.9. The Balaban J connectivity index is 0.000000204. The lowest BCUT2D eigenvalue weighted by molar-refractivity contribution is 1.46. The van der Waals surface area contributed by atoms with E-state index in [1.54, 1.807) is 0 Å². The Labute approximate surface area is 356 Å². The Kier molecular flexibility index (Phi) is 16.3. The van der Waals surface area contributed by atoms with E-state index < -0.39 is 0 Å². The first-order valence-corrected chi connectivity index (χ1v) is 20.1. The van der Waals surface area contributed by atoms with Crippen molar-refractivity contribution in [2.75, 3.05) is 0 Å². The molecule has 0 atom stereocenters. The maximum Gasteiger partial charge on any atom is 0.0249 e. The molecule has 0 aliphatic carbocycles. The Morgan fingerprint density at radius 1 is 0.316 bits per heavy atom. The van der Waals surface area contributed by atoms with Crippen LogP contribution in [0.3, 0.4) is 0 Å². The number of aryl methyl sites for hydroxylation is 3. The van der Waals surface area contributed by atoms with Gasteiger partial charge in [-0.1, -0.05) is 187 Å². The SMILES string of the molecule is Brc1ccc(/C=C/c2ccc(Br)cc2)cc1.C#Cc1ccc(C)cc1.Cc1ccc(C#Cc2ccc(/C=C/c3ccc(C#Cc4ccc(C)cc4)cc3)cc2)cc1. The van der Waals surface area contributed by atoms with Gasteiger partial charge in [0.25, 0.3) is 0 Å². The first-order valence-electron chi connectivity index (χ1n) is 18.5. The molecule has 0 nitrogen and oxygen atoms in total. The molecule has 7 rings (SSSR count). The fourth-order valence-electron chi connectivity index (χ4n) is 5.10. The molecular weight excluding hydrogens is 820 g/mol. The van der Waals surface area contributed by atoms with E-state index in [4.69, 9.17) is 6.42 Å². The number of halogens is 2. The molecule has 0 aliphatic rings. The molecule has 0 saturated heterocycles. The molecule has 7 aromatic rings. The zero-order chi connectivity index (χ0) is 40.2. The van der Waals surface area contributed by atoms with Crippen LogP contribution in [0.1, 0.15) is 66.8 Å². The van der Waals surface area contributed by atoms with Crippen molar-refractivity contribution in [3.8, 4) is 36.0 Å². The van der Waals surface area contributed by atoms with Crippen molar-refractivity contribution in [2.24, 2.45) is 0 Å². The maximum absolute atomic E-state index is 5.15. The summed E-state index contributed by atoms with van der Waals surface area (Å²) in [5.74, 6) is 15.4. The van der Waals surface area contributed by atoms with Crippen molar-refractivity contribution in [3.63, 3.8) is 0 Å². The standard InChI is InChI=1S/C32H24.C14H10Br2.C9H8/c1-25-3-7-27(8-4-25)11-13-29-15-19-31(20-16-29)23-24-32-21-17-30(18-22-32)14-12-28-9-5-26(2)6-10-28;15-13-7-3-11(4-8-13)1-2-12-5-9-14(16)10-6-12;1-3-9-6-4-8(2)5-7-9/h3-10,15-24H,1-2H3;1-10H;1,4-7H,2H3/b24-23+;2-1+;. The minimum Gasteiger partial charge on any atom is -0.115 e. The quantitative estimate of drug-likeness (QED) is 0.122. The smallest absolute Gasteiger partial charge is 0.0249 e. The molecule has 0 N–H and O–H groups in total. The van der Waals surface area contributed by atoms with E-state index in [1.165, 1.54) is 27.8 Å². The van der Waals surface area contributed by atoms with Crippen molar-refractivity contribution in [1.82, 2.24) is 0 Å². The lowest BCUT2D eigenvalue weighted by atomic mass is 10.1. The molecule has 0 bridgehead atoms. The Bertz CT molecular complexity index is 2390. The van der Waals surface area contributed by atoms with Crippen LogP contribution in [-0.4, -0.2) is 0 Å². The molecule has 57 heavy (non-hydrogen) atoms. The van der Waals surface area contributed by atoms with Crippen LogP contribution in [-0.2, 0) is 0 Å². The van der Waals surface area contributed by atoms with E-state index in [0.29, 0.717) is 0 Å². The lowest BCUT2D eigenvalue weighted by Gasteiger charge is -1.97. The second-order valence-corrected chi connectivity index (χ2v) is 15.1. The van der Waals surface area contributed by atoms with Crippen molar-refractivity contribution in [1.29, 1.82) is 0 Å². The number of benzene rings is 7. The number of rotatable bonds is 4. The average Bonchev–Trinajstić information content (AvgIpc) is 3.24. The molecule has 0 heterocycles. The Hall–Kier alpha value is -6.34. The molecule has 2 heteroatoms. The van der Waals surface area contributed by atoms with E-state index in [2.05, 4.69) is 221 Å². The van der Waals surface area contributed by atoms with Crippen LogP contribution in [0.2, 0.25) is 0 Å². The first kappa shape index (κ1) is 41.8. The van der Waals surface area contributed by atoms with Crippen molar-refractivity contribution < 1.29 is 0 Å². The minimum absolute atomic E-state index is 0.945. The lowest BCUT2D eigenvalue weighted by Crippen LogP contribution is -1.79. The van der Waals surface area contributed by atoms with Gasteiger partial charge < -0.3 is 0 Å². The second-order valence-electron chi connectivity index (χ2n) is 13.3. The molecule has 0 amide bonds. The largest absolute Gasteiger partial charge is 0.115 e.